The maximum absolute atomic E-state index is 13.4. The molecule has 1 atom stereocenters. The first-order chi connectivity index (χ1) is 13.2. The molecule has 0 aromatic carbocycles. The largest absolute Gasteiger partial charge is 0.444 e. The molecule has 28 heavy (non-hydrogen) atoms. The van der Waals surface area contributed by atoms with E-state index >= 15 is 0 Å². The Labute approximate surface area is 169 Å². The number of hydrogen-bond acceptors (Lipinski definition) is 5. The van der Waals surface area contributed by atoms with Crippen LogP contribution in [0.5, 0.6) is 0 Å². The number of carbonyl (C=O) groups is 2. The minimum atomic E-state index is -0.789. The molecule has 0 spiro atoms. The molecule has 2 aliphatic heterocycles. The van der Waals surface area contributed by atoms with Crippen LogP contribution in [0.1, 0.15) is 66.2 Å². The fourth-order valence-electron chi connectivity index (χ4n) is 4.78. The van der Waals surface area contributed by atoms with E-state index in [2.05, 4.69) is 17.1 Å². The van der Waals surface area contributed by atoms with Gasteiger partial charge >= 0.3 is 6.09 Å². The van der Waals surface area contributed by atoms with Gasteiger partial charge in [0.2, 0.25) is 5.91 Å². The lowest BCUT2D eigenvalue weighted by atomic mass is 9.93. The van der Waals surface area contributed by atoms with E-state index in [1.54, 1.807) is 0 Å². The summed E-state index contributed by atoms with van der Waals surface area (Å²) in [6.45, 7) is 11.9. The Balaban J connectivity index is 1.58. The average Bonchev–Trinajstić information content (AvgIpc) is 3.09. The number of alkyl carbamates (subject to hydrolysis) is 1. The zero-order chi connectivity index (χ0) is 20.4. The van der Waals surface area contributed by atoms with Crippen LogP contribution in [0.15, 0.2) is 0 Å². The summed E-state index contributed by atoms with van der Waals surface area (Å²) in [7, 11) is 0. The van der Waals surface area contributed by atoms with Gasteiger partial charge in [-0.3, -0.25) is 9.69 Å². The lowest BCUT2D eigenvalue weighted by Gasteiger charge is -2.43. The molecule has 0 bridgehead atoms. The summed E-state index contributed by atoms with van der Waals surface area (Å²) in [5, 5.41) is 2.95. The highest BCUT2D eigenvalue weighted by Gasteiger charge is 2.46. The number of morpholine rings is 1. The van der Waals surface area contributed by atoms with Crippen molar-refractivity contribution in [2.45, 2.75) is 89.5 Å². The van der Waals surface area contributed by atoms with E-state index in [4.69, 9.17) is 9.47 Å². The zero-order valence-corrected chi connectivity index (χ0v) is 18.0. The molecule has 2 saturated heterocycles. The van der Waals surface area contributed by atoms with Gasteiger partial charge in [0.05, 0.1) is 12.7 Å². The molecule has 0 aromatic rings. The number of nitrogens with zero attached hydrogens (tertiary/aromatic N) is 2. The molecule has 7 heteroatoms. The first-order valence-electron chi connectivity index (χ1n) is 10.8. The molecular formula is C21H37N3O4. The van der Waals surface area contributed by atoms with Crippen LogP contribution in [-0.4, -0.2) is 77.9 Å². The summed E-state index contributed by atoms with van der Waals surface area (Å²) in [6, 6.07) is 0.522. The fourth-order valence-corrected chi connectivity index (χ4v) is 4.78. The van der Waals surface area contributed by atoms with Crippen LogP contribution in [0, 0.1) is 0 Å². The molecule has 3 aliphatic rings. The summed E-state index contributed by atoms with van der Waals surface area (Å²) in [6.07, 6.45) is 5.10. The lowest BCUT2D eigenvalue weighted by Crippen LogP contribution is -2.61. The average molecular weight is 396 g/mol. The molecule has 0 radical (unpaired) electrons. The summed E-state index contributed by atoms with van der Waals surface area (Å²) in [4.78, 5) is 30.2. The highest BCUT2D eigenvalue weighted by atomic mass is 16.6. The predicted molar refractivity (Wildman–Crippen MR) is 107 cm³/mol. The minimum absolute atomic E-state index is 0.0738. The number of nitrogens with one attached hydrogen (secondary N) is 1. The normalized spacial score (nSPS) is 26.9. The van der Waals surface area contributed by atoms with Crippen molar-refractivity contribution >= 4 is 12.0 Å². The van der Waals surface area contributed by atoms with Crippen LogP contribution in [0.25, 0.3) is 0 Å². The Hall–Kier alpha value is -1.34. The van der Waals surface area contributed by atoms with E-state index in [1.165, 1.54) is 0 Å². The van der Waals surface area contributed by atoms with Crippen molar-refractivity contribution in [1.82, 2.24) is 15.1 Å². The van der Waals surface area contributed by atoms with Crippen LogP contribution >= 0.6 is 0 Å². The minimum Gasteiger partial charge on any atom is -0.444 e. The molecule has 2 heterocycles. The van der Waals surface area contributed by atoms with Gasteiger partial charge in [-0.25, -0.2) is 4.79 Å². The van der Waals surface area contributed by atoms with Crippen molar-refractivity contribution in [2.75, 3.05) is 32.8 Å². The molecule has 1 aliphatic carbocycles. The summed E-state index contributed by atoms with van der Waals surface area (Å²) in [5.74, 6) is 0.0738. The second-order valence-electron chi connectivity index (χ2n) is 9.62. The van der Waals surface area contributed by atoms with E-state index in [9.17, 15) is 9.59 Å². The number of carbonyl (C=O) groups excluding carboxylic acids is 2. The maximum atomic E-state index is 13.4. The standard InChI is InChI=1S/C21H37N3O4/c1-16-15-24(13-14-27-16)17-7-11-23(12-8-17)18(25)21(9-5-6-10-21)22-19(26)28-20(2,3)4/h16-17H,5-15H2,1-4H3,(H,22,26)/t16-/m1/s1. The third-order valence-corrected chi connectivity index (χ3v) is 6.15. The van der Waals surface area contributed by atoms with Gasteiger partial charge in [0, 0.05) is 32.2 Å². The monoisotopic (exact) mass is 395 g/mol. The van der Waals surface area contributed by atoms with Crippen molar-refractivity contribution in [3.8, 4) is 0 Å². The highest BCUT2D eigenvalue weighted by molar-refractivity contribution is 5.90. The van der Waals surface area contributed by atoms with E-state index in [0.717, 1.165) is 58.5 Å². The number of ether oxygens (including phenoxy) is 2. The Morgan fingerprint density at radius 1 is 1.11 bits per heavy atom. The van der Waals surface area contributed by atoms with Gasteiger partial charge in [0.15, 0.2) is 0 Å². The number of piperidine rings is 1. The van der Waals surface area contributed by atoms with Crippen LogP contribution in [0.2, 0.25) is 0 Å². The summed E-state index contributed by atoms with van der Waals surface area (Å²) < 4.78 is 11.1. The zero-order valence-electron chi connectivity index (χ0n) is 18.0. The number of likely N-dealkylation sites (tertiary alicyclic amines) is 1. The third kappa shape index (κ3) is 5.17. The molecule has 0 unspecified atom stereocenters. The van der Waals surface area contributed by atoms with E-state index in [0.29, 0.717) is 18.9 Å². The molecule has 1 saturated carbocycles. The van der Waals surface area contributed by atoms with Gasteiger partial charge in [0.1, 0.15) is 11.1 Å². The Kier molecular flexibility index (Phi) is 6.54. The highest BCUT2D eigenvalue weighted by Crippen LogP contribution is 2.33. The summed E-state index contributed by atoms with van der Waals surface area (Å²) >= 11 is 0. The number of hydrogen-bond donors (Lipinski definition) is 1. The molecule has 3 fully saturated rings. The topological polar surface area (TPSA) is 71.1 Å². The van der Waals surface area contributed by atoms with E-state index in [1.807, 2.05) is 25.7 Å². The second-order valence-corrected chi connectivity index (χ2v) is 9.62. The van der Waals surface area contributed by atoms with Crippen LogP contribution < -0.4 is 5.32 Å². The molecular weight excluding hydrogens is 358 g/mol. The van der Waals surface area contributed by atoms with Crippen LogP contribution in [-0.2, 0) is 14.3 Å². The first kappa shape index (κ1) is 21.4. The summed E-state index contributed by atoms with van der Waals surface area (Å²) in [5.41, 5.74) is -1.36. The van der Waals surface area contributed by atoms with Crippen molar-refractivity contribution in [2.24, 2.45) is 0 Å². The third-order valence-electron chi connectivity index (χ3n) is 6.15. The molecule has 160 valence electrons. The van der Waals surface area contributed by atoms with Gasteiger partial charge in [-0.15, -0.1) is 0 Å². The second kappa shape index (κ2) is 8.57. The lowest BCUT2D eigenvalue weighted by molar-refractivity contribution is -0.140. The maximum Gasteiger partial charge on any atom is 0.408 e. The Morgan fingerprint density at radius 2 is 1.75 bits per heavy atom. The predicted octanol–water partition coefficient (Wildman–Crippen LogP) is 2.54. The van der Waals surface area contributed by atoms with Crippen LogP contribution in [0.3, 0.4) is 0 Å². The van der Waals surface area contributed by atoms with Crippen molar-refractivity contribution < 1.29 is 19.1 Å². The van der Waals surface area contributed by atoms with Gasteiger partial charge < -0.3 is 19.7 Å². The quantitative estimate of drug-likeness (QED) is 0.795. The van der Waals surface area contributed by atoms with Gasteiger partial charge in [-0.1, -0.05) is 12.8 Å². The molecule has 7 nitrogen and oxygen atoms in total. The van der Waals surface area contributed by atoms with Crippen molar-refractivity contribution in [3.63, 3.8) is 0 Å². The molecule has 0 aromatic heterocycles. The van der Waals surface area contributed by atoms with Crippen molar-refractivity contribution in [3.05, 3.63) is 0 Å². The SMILES string of the molecule is C[C@@H]1CN(C2CCN(C(=O)C3(NC(=O)OC(C)(C)C)CCCC3)CC2)CCO1. The number of amides is 2. The van der Waals surface area contributed by atoms with Crippen LogP contribution in [0.4, 0.5) is 4.79 Å². The first-order valence-corrected chi connectivity index (χ1v) is 10.8. The van der Waals surface area contributed by atoms with E-state index in [-0.39, 0.29) is 12.0 Å². The van der Waals surface area contributed by atoms with Crippen molar-refractivity contribution in [1.29, 1.82) is 0 Å². The Bertz CT molecular complexity index is 560. The molecule has 3 rings (SSSR count). The smallest absolute Gasteiger partial charge is 0.408 e. The van der Waals surface area contributed by atoms with E-state index < -0.39 is 17.2 Å². The van der Waals surface area contributed by atoms with Gasteiger partial charge in [0.25, 0.3) is 0 Å². The fraction of sp³-hybridized carbons (Fsp3) is 0.905. The Morgan fingerprint density at radius 3 is 2.32 bits per heavy atom. The number of rotatable bonds is 3. The molecule has 1 N–H and O–H groups in total. The van der Waals surface area contributed by atoms with Gasteiger partial charge in [-0.05, 0) is 53.4 Å². The van der Waals surface area contributed by atoms with Gasteiger partial charge in [-0.2, -0.15) is 0 Å². The molecule has 2 amide bonds.